The largest absolute Gasteiger partial charge is 0.327 e. The highest BCUT2D eigenvalue weighted by Gasteiger charge is 2.06. The Morgan fingerprint density at radius 2 is 1.76 bits per heavy atom. The van der Waals surface area contributed by atoms with Crippen LogP contribution in [-0.4, -0.2) is 30.6 Å². The molecule has 2 nitrogen and oxygen atoms in total. The molecule has 0 amide bonds. The van der Waals surface area contributed by atoms with E-state index in [1.165, 1.54) is 9.13 Å². The lowest BCUT2D eigenvalue weighted by atomic mass is 10.0. The lowest BCUT2D eigenvalue weighted by Crippen LogP contribution is -2.31. The molecule has 1 atom stereocenters. The molecule has 1 rings (SSSR count). The van der Waals surface area contributed by atoms with Gasteiger partial charge in [0.1, 0.15) is 0 Å². The van der Waals surface area contributed by atoms with Gasteiger partial charge in [-0.25, -0.2) is 0 Å². The first-order chi connectivity index (χ1) is 8.15. The maximum absolute atomic E-state index is 6.17. The summed E-state index contributed by atoms with van der Waals surface area (Å²) in [5, 5.41) is 0. The standard InChI is InChI=1S/C14H23IN2/c1-3-17(4-2)10-9-14(16)11-12-5-7-13(15)8-6-12/h5-8,14H,3-4,9-11,16H2,1-2H3. The Morgan fingerprint density at radius 1 is 1.18 bits per heavy atom. The molecule has 0 aromatic heterocycles. The first-order valence-corrected chi connectivity index (χ1v) is 7.46. The van der Waals surface area contributed by atoms with Crippen LogP contribution in [0, 0.1) is 3.57 Å². The third-order valence-electron chi connectivity index (χ3n) is 3.12. The Balaban J connectivity index is 2.34. The van der Waals surface area contributed by atoms with Crippen molar-refractivity contribution in [3.8, 4) is 0 Å². The van der Waals surface area contributed by atoms with Gasteiger partial charge in [0.15, 0.2) is 0 Å². The number of rotatable bonds is 7. The van der Waals surface area contributed by atoms with Crippen molar-refractivity contribution in [1.29, 1.82) is 0 Å². The fourth-order valence-electron chi connectivity index (χ4n) is 1.91. The van der Waals surface area contributed by atoms with Crippen LogP contribution in [0.5, 0.6) is 0 Å². The molecule has 0 aliphatic heterocycles. The van der Waals surface area contributed by atoms with Crippen molar-refractivity contribution in [2.75, 3.05) is 19.6 Å². The van der Waals surface area contributed by atoms with Crippen molar-refractivity contribution in [2.45, 2.75) is 32.7 Å². The summed E-state index contributed by atoms with van der Waals surface area (Å²) in [6.45, 7) is 7.75. The number of nitrogens with zero attached hydrogens (tertiary/aromatic N) is 1. The summed E-state index contributed by atoms with van der Waals surface area (Å²) >= 11 is 2.33. The van der Waals surface area contributed by atoms with E-state index in [4.69, 9.17) is 5.73 Å². The predicted molar refractivity (Wildman–Crippen MR) is 83.2 cm³/mol. The Hall–Kier alpha value is -0.130. The van der Waals surface area contributed by atoms with Gasteiger partial charge in [-0.05, 0) is 72.8 Å². The first-order valence-electron chi connectivity index (χ1n) is 6.38. The van der Waals surface area contributed by atoms with Crippen molar-refractivity contribution in [1.82, 2.24) is 4.90 Å². The number of nitrogens with two attached hydrogens (primary N) is 1. The van der Waals surface area contributed by atoms with Gasteiger partial charge >= 0.3 is 0 Å². The van der Waals surface area contributed by atoms with Crippen LogP contribution < -0.4 is 5.73 Å². The number of hydrogen-bond donors (Lipinski definition) is 1. The maximum atomic E-state index is 6.17. The van der Waals surface area contributed by atoms with Crippen molar-refractivity contribution in [2.24, 2.45) is 5.73 Å². The molecule has 0 saturated heterocycles. The zero-order valence-corrected chi connectivity index (χ0v) is 13.0. The minimum Gasteiger partial charge on any atom is -0.327 e. The molecule has 0 radical (unpaired) electrons. The summed E-state index contributed by atoms with van der Waals surface area (Å²) in [4.78, 5) is 2.42. The molecule has 0 aliphatic carbocycles. The average Bonchev–Trinajstić information content (AvgIpc) is 2.33. The predicted octanol–water partition coefficient (Wildman–Crippen LogP) is 2.89. The Labute approximate surface area is 119 Å². The monoisotopic (exact) mass is 346 g/mol. The van der Waals surface area contributed by atoms with Gasteiger partial charge in [-0.15, -0.1) is 0 Å². The van der Waals surface area contributed by atoms with Gasteiger partial charge in [0, 0.05) is 9.61 Å². The van der Waals surface area contributed by atoms with Crippen LogP contribution >= 0.6 is 22.6 Å². The van der Waals surface area contributed by atoms with E-state index in [1.54, 1.807) is 0 Å². The van der Waals surface area contributed by atoms with E-state index in [0.717, 1.165) is 32.5 Å². The van der Waals surface area contributed by atoms with Crippen LogP contribution in [0.15, 0.2) is 24.3 Å². The molecule has 17 heavy (non-hydrogen) atoms. The van der Waals surface area contributed by atoms with E-state index < -0.39 is 0 Å². The van der Waals surface area contributed by atoms with Gasteiger partial charge in [0.25, 0.3) is 0 Å². The summed E-state index contributed by atoms with van der Waals surface area (Å²) in [5.41, 5.74) is 7.52. The molecule has 2 N–H and O–H groups in total. The van der Waals surface area contributed by atoms with E-state index in [9.17, 15) is 0 Å². The van der Waals surface area contributed by atoms with Gasteiger partial charge < -0.3 is 10.6 Å². The average molecular weight is 346 g/mol. The quantitative estimate of drug-likeness (QED) is 0.770. The molecule has 1 aromatic rings. The van der Waals surface area contributed by atoms with Crippen LogP contribution in [0.25, 0.3) is 0 Å². The zero-order valence-electron chi connectivity index (χ0n) is 10.8. The second-order valence-corrected chi connectivity index (χ2v) is 5.65. The molecular formula is C14H23IN2. The second kappa shape index (κ2) is 8.06. The highest BCUT2D eigenvalue weighted by atomic mass is 127. The fourth-order valence-corrected chi connectivity index (χ4v) is 2.27. The van der Waals surface area contributed by atoms with Crippen LogP contribution in [-0.2, 0) is 6.42 Å². The van der Waals surface area contributed by atoms with Crippen molar-refractivity contribution in [3.05, 3.63) is 33.4 Å². The fraction of sp³-hybridized carbons (Fsp3) is 0.571. The molecule has 96 valence electrons. The topological polar surface area (TPSA) is 29.3 Å². The van der Waals surface area contributed by atoms with Crippen LogP contribution in [0.3, 0.4) is 0 Å². The third-order valence-corrected chi connectivity index (χ3v) is 3.84. The van der Waals surface area contributed by atoms with Gasteiger partial charge in [-0.3, -0.25) is 0 Å². The summed E-state index contributed by atoms with van der Waals surface area (Å²) in [6.07, 6.45) is 2.06. The van der Waals surface area contributed by atoms with E-state index in [0.29, 0.717) is 0 Å². The van der Waals surface area contributed by atoms with Crippen LogP contribution in [0.2, 0.25) is 0 Å². The number of hydrogen-bond acceptors (Lipinski definition) is 2. The van der Waals surface area contributed by atoms with E-state index >= 15 is 0 Å². The summed E-state index contributed by atoms with van der Waals surface area (Å²) in [6, 6.07) is 8.92. The van der Waals surface area contributed by atoms with E-state index in [-0.39, 0.29) is 6.04 Å². The lowest BCUT2D eigenvalue weighted by Gasteiger charge is -2.20. The Morgan fingerprint density at radius 3 is 2.29 bits per heavy atom. The zero-order chi connectivity index (χ0) is 12.7. The molecule has 0 aliphatic rings. The van der Waals surface area contributed by atoms with Gasteiger partial charge in [-0.1, -0.05) is 26.0 Å². The molecule has 0 saturated carbocycles. The summed E-state index contributed by atoms with van der Waals surface area (Å²) in [5.74, 6) is 0. The third kappa shape index (κ3) is 5.84. The minimum absolute atomic E-state index is 0.274. The van der Waals surface area contributed by atoms with Crippen molar-refractivity contribution >= 4 is 22.6 Å². The second-order valence-electron chi connectivity index (χ2n) is 4.41. The minimum atomic E-state index is 0.274. The van der Waals surface area contributed by atoms with Gasteiger partial charge in [-0.2, -0.15) is 0 Å². The lowest BCUT2D eigenvalue weighted by molar-refractivity contribution is 0.290. The van der Waals surface area contributed by atoms with Gasteiger partial charge in [0.05, 0.1) is 0 Å². The van der Waals surface area contributed by atoms with E-state index in [1.807, 2.05) is 0 Å². The molecule has 0 spiro atoms. The van der Waals surface area contributed by atoms with Crippen molar-refractivity contribution < 1.29 is 0 Å². The molecule has 0 heterocycles. The SMILES string of the molecule is CCN(CC)CCC(N)Cc1ccc(I)cc1. The molecule has 1 aromatic carbocycles. The normalized spacial score (nSPS) is 13.0. The Bertz CT molecular complexity index is 307. The van der Waals surface area contributed by atoms with Crippen LogP contribution in [0.1, 0.15) is 25.8 Å². The first kappa shape index (κ1) is 14.9. The molecule has 0 fully saturated rings. The highest BCUT2D eigenvalue weighted by molar-refractivity contribution is 14.1. The van der Waals surface area contributed by atoms with Gasteiger partial charge in [0.2, 0.25) is 0 Å². The molecular weight excluding hydrogens is 323 g/mol. The number of halogens is 1. The summed E-state index contributed by atoms with van der Waals surface area (Å²) in [7, 11) is 0. The maximum Gasteiger partial charge on any atom is 0.0130 e. The smallest absolute Gasteiger partial charge is 0.0130 e. The van der Waals surface area contributed by atoms with Crippen molar-refractivity contribution in [3.63, 3.8) is 0 Å². The Kier molecular flexibility index (Phi) is 7.08. The highest BCUT2D eigenvalue weighted by Crippen LogP contribution is 2.09. The molecule has 1 unspecified atom stereocenters. The van der Waals surface area contributed by atoms with Crippen LogP contribution in [0.4, 0.5) is 0 Å². The molecule has 0 bridgehead atoms. The van der Waals surface area contributed by atoms with E-state index in [2.05, 4.69) is 65.6 Å². The molecule has 3 heteroatoms. The summed E-state index contributed by atoms with van der Waals surface area (Å²) < 4.78 is 1.28. The number of benzene rings is 1.